The topological polar surface area (TPSA) is 61.2 Å². The van der Waals surface area contributed by atoms with Gasteiger partial charge in [-0.1, -0.05) is 0 Å². The highest BCUT2D eigenvalue weighted by molar-refractivity contribution is 9.10. The van der Waals surface area contributed by atoms with Gasteiger partial charge in [-0.05, 0) is 40.2 Å². The van der Waals surface area contributed by atoms with E-state index in [2.05, 4.69) is 21.0 Å². The van der Waals surface area contributed by atoms with Crippen LogP contribution in [0.2, 0.25) is 0 Å². The minimum atomic E-state index is -3.62. The zero-order chi connectivity index (χ0) is 12.5. The molecule has 90 valence electrons. The van der Waals surface area contributed by atoms with E-state index in [1.807, 2.05) is 0 Å². The predicted molar refractivity (Wildman–Crippen MR) is 65.5 cm³/mol. The van der Waals surface area contributed by atoms with Gasteiger partial charge >= 0.3 is 0 Å². The van der Waals surface area contributed by atoms with Crippen molar-refractivity contribution in [2.45, 2.75) is 4.90 Å². The van der Waals surface area contributed by atoms with Gasteiger partial charge in [-0.15, -0.1) is 0 Å². The fourth-order valence-electron chi connectivity index (χ4n) is 1.27. The number of ether oxygens (including phenoxy) is 1. The minimum Gasteiger partial charge on any atom is -0.497 e. The Hall–Kier alpha value is -1.34. The number of hydrogen-bond acceptors (Lipinski definition) is 4. The fourth-order valence-corrected chi connectivity index (χ4v) is 2.81. The highest BCUT2D eigenvalue weighted by atomic mass is 79.9. The van der Waals surface area contributed by atoms with Gasteiger partial charge in [0.05, 0.1) is 28.9 Å². The van der Waals surface area contributed by atoms with Crippen LogP contribution in [0.5, 0.6) is 5.75 Å². The molecule has 5 nitrogen and oxygen atoms in total. The summed E-state index contributed by atoms with van der Waals surface area (Å²) < 4.78 is 30.7. The van der Waals surface area contributed by atoms with Gasteiger partial charge in [0, 0.05) is 0 Å². The van der Waals surface area contributed by atoms with Crippen molar-refractivity contribution in [3.8, 4) is 5.75 Å². The largest absolute Gasteiger partial charge is 0.497 e. The fraction of sp³-hybridized carbons (Fsp3) is 0.100. The summed E-state index contributed by atoms with van der Waals surface area (Å²) >= 11 is 3.15. The van der Waals surface area contributed by atoms with Crippen molar-refractivity contribution in [3.05, 3.63) is 41.1 Å². The SMILES string of the molecule is COc1ccc(S(=O)(=O)n2cc(Br)cn2)cc1. The predicted octanol–water partition coefficient (Wildman–Crippen LogP) is 1.89. The second kappa shape index (κ2) is 4.50. The first kappa shape index (κ1) is 12.1. The van der Waals surface area contributed by atoms with Crippen LogP contribution in [0.3, 0.4) is 0 Å². The Balaban J connectivity index is 2.44. The van der Waals surface area contributed by atoms with E-state index in [1.54, 1.807) is 12.1 Å². The van der Waals surface area contributed by atoms with Gasteiger partial charge in [-0.25, -0.2) is 0 Å². The number of benzene rings is 1. The second-order valence-corrected chi connectivity index (χ2v) is 5.92. The van der Waals surface area contributed by atoms with Gasteiger partial charge in [0.25, 0.3) is 10.0 Å². The zero-order valence-electron chi connectivity index (χ0n) is 8.87. The van der Waals surface area contributed by atoms with Crippen molar-refractivity contribution in [2.75, 3.05) is 7.11 Å². The van der Waals surface area contributed by atoms with Crippen LogP contribution in [0.25, 0.3) is 0 Å². The molecule has 1 heterocycles. The minimum absolute atomic E-state index is 0.161. The van der Waals surface area contributed by atoms with Crippen molar-refractivity contribution in [3.63, 3.8) is 0 Å². The molecule has 0 N–H and O–H groups in total. The lowest BCUT2D eigenvalue weighted by molar-refractivity contribution is 0.414. The molecule has 2 rings (SSSR count). The first-order chi connectivity index (χ1) is 8.04. The number of nitrogens with zero attached hydrogens (tertiary/aromatic N) is 2. The van der Waals surface area contributed by atoms with E-state index < -0.39 is 10.0 Å². The Labute approximate surface area is 107 Å². The summed E-state index contributed by atoms with van der Waals surface area (Å²) in [6.45, 7) is 0. The molecule has 0 atom stereocenters. The third-order valence-corrected chi connectivity index (χ3v) is 4.10. The van der Waals surface area contributed by atoms with Crippen LogP contribution in [0.4, 0.5) is 0 Å². The quantitative estimate of drug-likeness (QED) is 0.867. The van der Waals surface area contributed by atoms with Crippen LogP contribution in [0.15, 0.2) is 46.0 Å². The molecule has 0 saturated carbocycles. The molecule has 0 aliphatic carbocycles. The Morgan fingerprint density at radius 3 is 2.41 bits per heavy atom. The molecular formula is C10H9BrN2O3S. The number of halogens is 1. The molecule has 0 bridgehead atoms. The maximum atomic E-state index is 12.1. The Bertz CT molecular complexity index is 619. The first-order valence-corrected chi connectivity index (χ1v) is 6.87. The lowest BCUT2D eigenvalue weighted by atomic mass is 10.3. The lowest BCUT2D eigenvalue weighted by Gasteiger charge is -2.05. The summed E-state index contributed by atoms with van der Waals surface area (Å²) in [6.07, 6.45) is 2.81. The van der Waals surface area contributed by atoms with Gasteiger partial charge in [0.2, 0.25) is 0 Å². The molecule has 1 aromatic heterocycles. The summed E-state index contributed by atoms with van der Waals surface area (Å²) in [7, 11) is -2.10. The summed E-state index contributed by atoms with van der Waals surface area (Å²) in [5.41, 5.74) is 0. The van der Waals surface area contributed by atoms with E-state index in [0.29, 0.717) is 10.2 Å². The van der Waals surface area contributed by atoms with Crippen molar-refractivity contribution in [1.29, 1.82) is 0 Å². The van der Waals surface area contributed by atoms with Crippen molar-refractivity contribution >= 4 is 26.0 Å². The van der Waals surface area contributed by atoms with E-state index in [1.165, 1.54) is 31.6 Å². The van der Waals surface area contributed by atoms with E-state index in [0.717, 1.165) is 4.09 Å². The molecule has 17 heavy (non-hydrogen) atoms. The molecule has 7 heteroatoms. The number of rotatable bonds is 3. The average molecular weight is 317 g/mol. The standard InChI is InChI=1S/C10H9BrN2O3S/c1-16-9-2-4-10(5-3-9)17(14,15)13-7-8(11)6-12-13/h2-7H,1H3. The van der Waals surface area contributed by atoms with Crippen molar-refractivity contribution < 1.29 is 13.2 Å². The van der Waals surface area contributed by atoms with Crippen LogP contribution in [0.1, 0.15) is 0 Å². The first-order valence-electron chi connectivity index (χ1n) is 4.64. The average Bonchev–Trinajstić information content (AvgIpc) is 2.77. The Kier molecular flexibility index (Phi) is 3.21. The smallest absolute Gasteiger partial charge is 0.282 e. The van der Waals surface area contributed by atoms with Crippen molar-refractivity contribution in [1.82, 2.24) is 9.19 Å². The van der Waals surface area contributed by atoms with Crippen LogP contribution >= 0.6 is 15.9 Å². The third kappa shape index (κ3) is 2.34. The molecule has 0 aliphatic rings. The van der Waals surface area contributed by atoms with Crippen LogP contribution in [-0.2, 0) is 10.0 Å². The molecule has 1 aromatic carbocycles. The van der Waals surface area contributed by atoms with Crippen molar-refractivity contribution in [2.24, 2.45) is 0 Å². The summed E-state index contributed by atoms with van der Waals surface area (Å²) in [4.78, 5) is 0.161. The molecule has 0 aliphatic heterocycles. The summed E-state index contributed by atoms with van der Waals surface area (Å²) in [6, 6.07) is 6.13. The molecule has 0 amide bonds. The summed E-state index contributed by atoms with van der Waals surface area (Å²) in [5.74, 6) is 0.602. The number of hydrogen-bond donors (Lipinski definition) is 0. The summed E-state index contributed by atoms with van der Waals surface area (Å²) in [5, 5.41) is 3.76. The van der Waals surface area contributed by atoms with Gasteiger partial charge in [0.1, 0.15) is 5.75 Å². The van der Waals surface area contributed by atoms with E-state index in [4.69, 9.17) is 4.74 Å². The van der Waals surface area contributed by atoms with Crippen LogP contribution < -0.4 is 4.74 Å². The Morgan fingerprint density at radius 1 is 1.29 bits per heavy atom. The van der Waals surface area contributed by atoms with Gasteiger partial charge in [-0.2, -0.15) is 17.6 Å². The molecule has 0 unspecified atom stereocenters. The van der Waals surface area contributed by atoms with Crippen LogP contribution in [0, 0.1) is 0 Å². The molecular weight excluding hydrogens is 308 g/mol. The van der Waals surface area contributed by atoms with E-state index in [9.17, 15) is 8.42 Å². The second-order valence-electron chi connectivity index (χ2n) is 3.21. The Morgan fingerprint density at radius 2 is 1.94 bits per heavy atom. The van der Waals surface area contributed by atoms with Gasteiger partial charge in [-0.3, -0.25) is 0 Å². The van der Waals surface area contributed by atoms with E-state index in [-0.39, 0.29) is 4.90 Å². The molecule has 0 fully saturated rings. The number of methoxy groups -OCH3 is 1. The number of aromatic nitrogens is 2. The van der Waals surface area contributed by atoms with Gasteiger partial charge < -0.3 is 4.74 Å². The lowest BCUT2D eigenvalue weighted by Crippen LogP contribution is -2.13. The monoisotopic (exact) mass is 316 g/mol. The normalized spacial score (nSPS) is 11.4. The van der Waals surface area contributed by atoms with Crippen LogP contribution in [-0.4, -0.2) is 24.7 Å². The van der Waals surface area contributed by atoms with E-state index >= 15 is 0 Å². The molecule has 0 spiro atoms. The highest BCUT2D eigenvalue weighted by Crippen LogP contribution is 2.18. The molecule has 2 aromatic rings. The zero-order valence-corrected chi connectivity index (χ0v) is 11.3. The van der Waals surface area contributed by atoms with Gasteiger partial charge in [0.15, 0.2) is 0 Å². The highest BCUT2D eigenvalue weighted by Gasteiger charge is 2.17. The maximum Gasteiger partial charge on any atom is 0.282 e. The molecule has 0 radical (unpaired) electrons. The molecule has 0 saturated heterocycles. The maximum absolute atomic E-state index is 12.1. The third-order valence-electron chi connectivity index (χ3n) is 2.13.